The molecule has 0 fully saturated rings. The van der Waals surface area contributed by atoms with Gasteiger partial charge in [-0.3, -0.25) is 4.68 Å². The van der Waals surface area contributed by atoms with Crippen LogP contribution < -0.4 is 5.73 Å². The fraction of sp³-hybridized carbons (Fsp3) is 0.118. The Morgan fingerprint density at radius 2 is 2.04 bits per heavy atom. The van der Waals surface area contributed by atoms with Crippen molar-refractivity contribution < 1.29 is 0 Å². The van der Waals surface area contributed by atoms with Crippen molar-refractivity contribution in [1.29, 1.82) is 0 Å². The maximum atomic E-state index is 5.88. The zero-order valence-electron chi connectivity index (χ0n) is 12.8. The highest BCUT2D eigenvalue weighted by molar-refractivity contribution is 8.13. The number of aromatic nitrogens is 2. The normalized spacial score (nSPS) is 12.3. The summed E-state index contributed by atoms with van der Waals surface area (Å²) in [5.41, 5.74) is 8.92. The van der Waals surface area contributed by atoms with E-state index in [2.05, 4.69) is 27.4 Å². The number of nitrogens with two attached hydrogens (primary N) is 1. The van der Waals surface area contributed by atoms with Crippen LogP contribution in [0.2, 0.25) is 0 Å². The van der Waals surface area contributed by atoms with Crippen molar-refractivity contribution in [2.24, 2.45) is 23.0 Å². The van der Waals surface area contributed by atoms with E-state index in [1.165, 1.54) is 17.3 Å². The van der Waals surface area contributed by atoms with E-state index in [-0.39, 0.29) is 0 Å². The third-order valence-electron chi connectivity index (χ3n) is 3.26. The summed E-state index contributed by atoms with van der Waals surface area (Å²) in [6.45, 7) is 0. The monoisotopic (exact) mass is 323 g/mol. The van der Waals surface area contributed by atoms with Gasteiger partial charge >= 0.3 is 0 Å². The van der Waals surface area contributed by atoms with Gasteiger partial charge in [-0.2, -0.15) is 10.2 Å². The van der Waals surface area contributed by atoms with Crippen molar-refractivity contribution in [3.8, 4) is 0 Å². The van der Waals surface area contributed by atoms with Gasteiger partial charge in [-0.15, -0.1) is 5.10 Å². The van der Waals surface area contributed by atoms with Gasteiger partial charge in [-0.1, -0.05) is 60.3 Å². The first-order valence-corrected chi connectivity index (χ1v) is 8.16. The summed E-state index contributed by atoms with van der Waals surface area (Å²) in [4.78, 5) is 0. The lowest BCUT2D eigenvalue weighted by Crippen LogP contribution is -2.06. The Hall–Kier alpha value is -2.60. The highest BCUT2D eigenvalue weighted by atomic mass is 32.2. The summed E-state index contributed by atoms with van der Waals surface area (Å²) < 4.78 is 1.79. The molecule has 0 bridgehead atoms. The quantitative estimate of drug-likeness (QED) is 0.455. The zero-order chi connectivity index (χ0) is 16.1. The first kappa shape index (κ1) is 15.3. The number of nitrogens with zero attached hydrogens (tertiary/aromatic N) is 4. The van der Waals surface area contributed by atoms with E-state index in [0.29, 0.717) is 5.17 Å². The number of rotatable bonds is 4. The summed E-state index contributed by atoms with van der Waals surface area (Å²) in [5, 5.41) is 14.1. The van der Waals surface area contributed by atoms with E-state index < -0.39 is 0 Å². The van der Waals surface area contributed by atoms with Gasteiger partial charge in [0.1, 0.15) is 5.52 Å². The molecule has 0 unspecified atom stereocenters. The van der Waals surface area contributed by atoms with Crippen LogP contribution in [0.4, 0.5) is 0 Å². The average molecular weight is 323 g/mol. The molecule has 0 spiro atoms. The van der Waals surface area contributed by atoms with E-state index in [0.717, 1.165) is 22.2 Å². The summed E-state index contributed by atoms with van der Waals surface area (Å²) in [6.07, 6.45) is 3.66. The molecule has 5 nitrogen and oxygen atoms in total. The van der Waals surface area contributed by atoms with Gasteiger partial charge in [-0.25, -0.2) is 0 Å². The topological polar surface area (TPSA) is 68.6 Å². The fourth-order valence-corrected chi connectivity index (χ4v) is 2.81. The Morgan fingerprint density at radius 1 is 1.22 bits per heavy atom. The van der Waals surface area contributed by atoms with Crippen LogP contribution in [0.1, 0.15) is 11.1 Å². The summed E-state index contributed by atoms with van der Waals surface area (Å²) >= 11 is 1.47. The van der Waals surface area contributed by atoms with Crippen molar-refractivity contribution in [1.82, 2.24) is 9.78 Å². The molecular formula is C17H17N5S. The zero-order valence-corrected chi connectivity index (χ0v) is 13.6. The Balaban J connectivity index is 1.67. The summed E-state index contributed by atoms with van der Waals surface area (Å²) in [5.74, 6) is 0.779. The third kappa shape index (κ3) is 3.98. The summed E-state index contributed by atoms with van der Waals surface area (Å²) in [6, 6.07) is 16.1. The molecule has 0 atom stereocenters. The van der Waals surface area contributed by atoms with Gasteiger partial charge in [0.25, 0.3) is 0 Å². The predicted octanol–water partition coefficient (Wildman–Crippen LogP) is 3.16. The predicted molar refractivity (Wildman–Crippen MR) is 97.7 cm³/mol. The molecule has 23 heavy (non-hydrogen) atoms. The number of benzene rings is 2. The Labute approximate surface area is 138 Å². The highest BCUT2D eigenvalue weighted by Crippen LogP contribution is 2.15. The molecule has 0 amide bonds. The van der Waals surface area contributed by atoms with Gasteiger partial charge in [0, 0.05) is 29.9 Å². The van der Waals surface area contributed by atoms with Crippen LogP contribution in [0.15, 0.2) is 64.9 Å². The van der Waals surface area contributed by atoms with E-state index in [1.807, 2.05) is 49.6 Å². The van der Waals surface area contributed by atoms with Crippen LogP contribution in [0.3, 0.4) is 0 Å². The molecule has 3 rings (SSSR count). The molecule has 0 radical (unpaired) electrons. The first-order chi connectivity index (χ1) is 11.2. The molecule has 3 aromatic rings. The molecule has 0 aliphatic carbocycles. The number of hydrogen-bond donors (Lipinski definition) is 1. The largest absolute Gasteiger partial charge is 0.377 e. The first-order valence-electron chi connectivity index (χ1n) is 7.18. The Morgan fingerprint density at radius 3 is 2.87 bits per heavy atom. The smallest absolute Gasteiger partial charge is 0.180 e. The molecule has 2 N–H and O–H groups in total. The molecule has 0 aliphatic rings. The third-order valence-corrected chi connectivity index (χ3v) is 4.12. The van der Waals surface area contributed by atoms with Crippen molar-refractivity contribution >= 4 is 34.0 Å². The van der Waals surface area contributed by atoms with Crippen molar-refractivity contribution in [3.05, 3.63) is 65.9 Å². The second-order valence-corrected chi connectivity index (χ2v) is 6.04. The molecule has 0 aliphatic heterocycles. The van der Waals surface area contributed by atoms with Crippen LogP contribution in [0.25, 0.3) is 10.9 Å². The number of hydrogen-bond acceptors (Lipinski definition) is 4. The van der Waals surface area contributed by atoms with Crippen LogP contribution in [-0.4, -0.2) is 21.2 Å². The number of aryl methyl sites for hydroxylation is 1. The lowest BCUT2D eigenvalue weighted by atomic mass is 10.2. The fourth-order valence-electron chi connectivity index (χ4n) is 2.20. The molecular weight excluding hydrogens is 306 g/mol. The highest BCUT2D eigenvalue weighted by Gasteiger charge is 2.02. The van der Waals surface area contributed by atoms with Gasteiger partial charge < -0.3 is 5.73 Å². The Kier molecular flexibility index (Phi) is 4.73. The van der Waals surface area contributed by atoms with E-state index in [9.17, 15) is 0 Å². The average Bonchev–Trinajstić information content (AvgIpc) is 2.95. The maximum Gasteiger partial charge on any atom is 0.180 e. The van der Waals surface area contributed by atoms with Gasteiger partial charge in [0.2, 0.25) is 0 Å². The Bertz CT molecular complexity index is 852. The van der Waals surface area contributed by atoms with Gasteiger partial charge in [0.15, 0.2) is 5.17 Å². The minimum absolute atomic E-state index is 0.443. The minimum atomic E-state index is 0.443. The van der Waals surface area contributed by atoms with E-state index in [4.69, 9.17) is 5.73 Å². The molecule has 1 aromatic heterocycles. The van der Waals surface area contributed by atoms with E-state index >= 15 is 0 Å². The lowest BCUT2D eigenvalue weighted by molar-refractivity contribution is 0.779. The van der Waals surface area contributed by atoms with Crippen LogP contribution in [0.5, 0.6) is 0 Å². The molecule has 6 heteroatoms. The lowest BCUT2D eigenvalue weighted by Gasteiger charge is -1.99. The standard InChI is InChI=1S/C17H17N5S/c1-22-11-15-9-5-8-14(16(15)21-22)10-19-20-17(18)23-12-13-6-3-2-4-7-13/h2-11H,12H2,1H3,(H2,18,20). The number of amidine groups is 1. The van der Waals surface area contributed by atoms with Gasteiger partial charge in [0.05, 0.1) is 6.21 Å². The van der Waals surface area contributed by atoms with Crippen LogP contribution in [-0.2, 0) is 12.8 Å². The van der Waals surface area contributed by atoms with Crippen molar-refractivity contribution in [2.45, 2.75) is 5.75 Å². The molecule has 1 heterocycles. The molecule has 116 valence electrons. The molecule has 0 saturated heterocycles. The number of fused-ring (bicyclic) bond motifs is 1. The number of thioether (sulfide) groups is 1. The minimum Gasteiger partial charge on any atom is -0.377 e. The second kappa shape index (κ2) is 7.11. The second-order valence-electron chi connectivity index (χ2n) is 5.04. The van der Waals surface area contributed by atoms with Crippen LogP contribution in [0, 0.1) is 0 Å². The maximum absolute atomic E-state index is 5.88. The molecule has 2 aromatic carbocycles. The van der Waals surface area contributed by atoms with Crippen LogP contribution >= 0.6 is 11.8 Å². The summed E-state index contributed by atoms with van der Waals surface area (Å²) in [7, 11) is 1.90. The SMILES string of the molecule is Cn1cc2cccc(C=NN=C(N)SCc3ccccc3)c2n1. The van der Waals surface area contributed by atoms with E-state index in [1.54, 1.807) is 10.9 Å². The van der Waals surface area contributed by atoms with Crippen molar-refractivity contribution in [2.75, 3.05) is 0 Å². The van der Waals surface area contributed by atoms with Crippen molar-refractivity contribution in [3.63, 3.8) is 0 Å². The molecule has 0 saturated carbocycles. The van der Waals surface area contributed by atoms with Gasteiger partial charge in [-0.05, 0) is 5.56 Å².